The number of rotatable bonds is 6. The number of aromatic nitrogens is 2. The predicted molar refractivity (Wildman–Crippen MR) is 78.3 cm³/mol. The van der Waals surface area contributed by atoms with Crippen molar-refractivity contribution in [3.05, 3.63) is 42.2 Å². The maximum absolute atomic E-state index is 5.85. The first-order valence-electron chi connectivity index (χ1n) is 6.52. The Kier molecular flexibility index (Phi) is 4.76. The van der Waals surface area contributed by atoms with Gasteiger partial charge in [-0.25, -0.2) is 9.97 Å². The molecule has 0 amide bonds. The highest BCUT2D eigenvalue weighted by Crippen LogP contribution is 2.26. The van der Waals surface area contributed by atoms with Gasteiger partial charge in [0.1, 0.15) is 6.10 Å². The summed E-state index contributed by atoms with van der Waals surface area (Å²) in [5, 5.41) is 3.15. The van der Waals surface area contributed by atoms with Crippen molar-refractivity contribution in [1.82, 2.24) is 9.97 Å². The first-order valence-corrected chi connectivity index (χ1v) is 6.52. The van der Waals surface area contributed by atoms with Crippen LogP contribution in [0.1, 0.15) is 12.6 Å². The number of ether oxygens (including phenoxy) is 2. The number of benzene rings is 1. The van der Waals surface area contributed by atoms with E-state index in [1.165, 1.54) is 0 Å². The van der Waals surface area contributed by atoms with Gasteiger partial charge in [0.2, 0.25) is 5.95 Å². The van der Waals surface area contributed by atoms with Crippen LogP contribution >= 0.6 is 0 Å². The fourth-order valence-corrected chi connectivity index (χ4v) is 1.74. The molecule has 0 saturated heterocycles. The van der Waals surface area contributed by atoms with Crippen molar-refractivity contribution < 1.29 is 9.47 Å². The summed E-state index contributed by atoms with van der Waals surface area (Å²) >= 11 is 0. The van der Waals surface area contributed by atoms with Gasteiger partial charge in [0.25, 0.3) is 0 Å². The molecule has 1 atom stereocenters. The van der Waals surface area contributed by atoms with Crippen LogP contribution in [0.5, 0.6) is 11.5 Å². The highest BCUT2D eigenvalue weighted by Gasteiger charge is 2.08. The van der Waals surface area contributed by atoms with E-state index in [0.717, 1.165) is 17.2 Å². The lowest BCUT2D eigenvalue weighted by molar-refractivity contribution is 0.223. The lowest BCUT2D eigenvalue weighted by atomic mass is 10.3. The van der Waals surface area contributed by atoms with Gasteiger partial charge in [-0.3, -0.25) is 0 Å². The van der Waals surface area contributed by atoms with Crippen molar-refractivity contribution in [1.29, 1.82) is 0 Å². The molecule has 1 aromatic carbocycles. The average Bonchev–Trinajstić information content (AvgIpc) is 2.46. The molecule has 0 radical (unpaired) electrons. The zero-order chi connectivity index (χ0) is 14.4. The predicted octanol–water partition coefficient (Wildman–Crippen LogP) is 2.67. The Morgan fingerprint density at radius 3 is 2.65 bits per heavy atom. The van der Waals surface area contributed by atoms with Gasteiger partial charge in [0, 0.05) is 11.9 Å². The number of aryl methyl sites for hydroxylation is 1. The number of nitrogens with one attached hydrogen (secondary N) is 1. The van der Waals surface area contributed by atoms with Crippen molar-refractivity contribution in [3.63, 3.8) is 0 Å². The molecule has 0 aliphatic rings. The topological polar surface area (TPSA) is 56.3 Å². The second kappa shape index (κ2) is 6.75. The molecule has 20 heavy (non-hydrogen) atoms. The van der Waals surface area contributed by atoms with Gasteiger partial charge in [0.15, 0.2) is 11.5 Å². The van der Waals surface area contributed by atoms with Crippen LogP contribution in [0.15, 0.2) is 36.5 Å². The van der Waals surface area contributed by atoms with E-state index in [-0.39, 0.29) is 6.10 Å². The van der Waals surface area contributed by atoms with E-state index in [1.807, 2.05) is 44.2 Å². The Balaban J connectivity index is 1.91. The van der Waals surface area contributed by atoms with Crippen LogP contribution in [0.4, 0.5) is 5.95 Å². The largest absolute Gasteiger partial charge is 0.493 e. The third-order valence-corrected chi connectivity index (χ3v) is 2.74. The fourth-order valence-electron chi connectivity index (χ4n) is 1.74. The van der Waals surface area contributed by atoms with E-state index >= 15 is 0 Å². The van der Waals surface area contributed by atoms with Gasteiger partial charge in [-0.15, -0.1) is 0 Å². The summed E-state index contributed by atoms with van der Waals surface area (Å²) in [7, 11) is 1.63. The molecule has 0 bridgehead atoms. The highest BCUT2D eigenvalue weighted by molar-refractivity contribution is 5.39. The zero-order valence-electron chi connectivity index (χ0n) is 12.0. The summed E-state index contributed by atoms with van der Waals surface area (Å²) in [6, 6.07) is 9.45. The van der Waals surface area contributed by atoms with Gasteiger partial charge in [-0.05, 0) is 32.0 Å². The van der Waals surface area contributed by atoms with Crippen molar-refractivity contribution >= 4 is 5.95 Å². The lowest BCUT2D eigenvalue weighted by Crippen LogP contribution is -2.23. The Morgan fingerprint density at radius 2 is 1.95 bits per heavy atom. The summed E-state index contributed by atoms with van der Waals surface area (Å²) in [6.45, 7) is 4.53. The van der Waals surface area contributed by atoms with E-state index < -0.39 is 0 Å². The van der Waals surface area contributed by atoms with E-state index in [4.69, 9.17) is 9.47 Å². The SMILES string of the molecule is COc1ccccc1OC(C)CNc1nccc(C)n1. The lowest BCUT2D eigenvalue weighted by Gasteiger charge is -2.17. The molecule has 0 aliphatic carbocycles. The number of hydrogen-bond donors (Lipinski definition) is 1. The Morgan fingerprint density at radius 1 is 1.20 bits per heavy atom. The zero-order valence-corrected chi connectivity index (χ0v) is 12.0. The third kappa shape index (κ3) is 3.85. The highest BCUT2D eigenvalue weighted by atomic mass is 16.5. The van der Waals surface area contributed by atoms with Gasteiger partial charge in [-0.2, -0.15) is 0 Å². The van der Waals surface area contributed by atoms with E-state index in [1.54, 1.807) is 13.3 Å². The van der Waals surface area contributed by atoms with Crippen LogP contribution in [-0.2, 0) is 0 Å². The molecule has 5 heteroatoms. The maximum Gasteiger partial charge on any atom is 0.222 e. The maximum atomic E-state index is 5.85. The number of para-hydroxylation sites is 2. The van der Waals surface area contributed by atoms with Crippen molar-refractivity contribution in [2.75, 3.05) is 19.0 Å². The normalized spacial score (nSPS) is 11.8. The van der Waals surface area contributed by atoms with Crippen LogP contribution in [0.2, 0.25) is 0 Å². The first kappa shape index (κ1) is 14.1. The van der Waals surface area contributed by atoms with Crippen molar-refractivity contribution in [3.8, 4) is 11.5 Å². The third-order valence-electron chi connectivity index (χ3n) is 2.74. The number of anilines is 1. The van der Waals surface area contributed by atoms with Crippen LogP contribution in [-0.4, -0.2) is 29.7 Å². The summed E-state index contributed by atoms with van der Waals surface area (Å²) in [4.78, 5) is 8.43. The quantitative estimate of drug-likeness (QED) is 0.877. The van der Waals surface area contributed by atoms with Gasteiger partial charge in [-0.1, -0.05) is 12.1 Å². The summed E-state index contributed by atoms with van der Waals surface area (Å²) in [6.07, 6.45) is 1.70. The van der Waals surface area contributed by atoms with Crippen LogP contribution in [0.3, 0.4) is 0 Å². The first-order chi connectivity index (χ1) is 9.69. The summed E-state index contributed by atoms with van der Waals surface area (Å²) in [5.74, 6) is 2.07. The second-order valence-corrected chi connectivity index (χ2v) is 4.48. The second-order valence-electron chi connectivity index (χ2n) is 4.48. The Bertz CT molecular complexity index is 560. The molecular formula is C15H19N3O2. The van der Waals surface area contributed by atoms with Gasteiger partial charge < -0.3 is 14.8 Å². The molecule has 1 aromatic heterocycles. The van der Waals surface area contributed by atoms with E-state index in [2.05, 4.69) is 15.3 Å². The van der Waals surface area contributed by atoms with Gasteiger partial charge >= 0.3 is 0 Å². The van der Waals surface area contributed by atoms with Gasteiger partial charge in [0.05, 0.1) is 13.7 Å². The Hall–Kier alpha value is -2.30. The average molecular weight is 273 g/mol. The molecule has 2 aromatic rings. The van der Waals surface area contributed by atoms with Crippen LogP contribution in [0.25, 0.3) is 0 Å². The van der Waals surface area contributed by atoms with Crippen molar-refractivity contribution in [2.24, 2.45) is 0 Å². The molecule has 106 valence electrons. The minimum absolute atomic E-state index is 0.0320. The molecule has 2 rings (SSSR count). The smallest absolute Gasteiger partial charge is 0.222 e. The van der Waals surface area contributed by atoms with Crippen molar-refractivity contribution in [2.45, 2.75) is 20.0 Å². The minimum Gasteiger partial charge on any atom is -0.493 e. The fraction of sp³-hybridized carbons (Fsp3) is 0.333. The monoisotopic (exact) mass is 273 g/mol. The molecule has 0 fully saturated rings. The molecule has 5 nitrogen and oxygen atoms in total. The number of nitrogens with zero attached hydrogens (tertiary/aromatic N) is 2. The van der Waals surface area contributed by atoms with E-state index in [0.29, 0.717) is 12.5 Å². The Labute approximate surface area is 119 Å². The molecular weight excluding hydrogens is 254 g/mol. The van der Waals surface area contributed by atoms with Crippen LogP contribution in [0, 0.1) is 6.92 Å². The summed E-state index contributed by atoms with van der Waals surface area (Å²) in [5.41, 5.74) is 0.931. The number of hydrogen-bond acceptors (Lipinski definition) is 5. The summed E-state index contributed by atoms with van der Waals surface area (Å²) < 4.78 is 11.1. The molecule has 1 unspecified atom stereocenters. The van der Waals surface area contributed by atoms with Crippen LogP contribution < -0.4 is 14.8 Å². The molecule has 1 N–H and O–H groups in total. The standard InChI is InChI=1S/C15H19N3O2/c1-11-8-9-16-15(18-11)17-10-12(2)20-14-7-5-4-6-13(14)19-3/h4-9,12H,10H2,1-3H3,(H,16,17,18). The molecule has 0 saturated carbocycles. The molecule has 1 heterocycles. The molecule has 0 aliphatic heterocycles. The number of methoxy groups -OCH3 is 1. The van der Waals surface area contributed by atoms with E-state index in [9.17, 15) is 0 Å². The molecule has 0 spiro atoms. The minimum atomic E-state index is -0.0320.